The summed E-state index contributed by atoms with van der Waals surface area (Å²) in [5, 5.41) is 11.7. The van der Waals surface area contributed by atoms with Crippen LogP contribution < -0.4 is 5.32 Å². The van der Waals surface area contributed by atoms with E-state index in [0.29, 0.717) is 5.92 Å². The highest BCUT2D eigenvalue weighted by atomic mass is 16.2. The zero-order valence-corrected chi connectivity index (χ0v) is 13.5. The van der Waals surface area contributed by atoms with Crippen molar-refractivity contribution in [1.29, 1.82) is 0 Å². The fourth-order valence-electron chi connectivity index (χ4n) is 3.32. The number of carbonyl (C=O) groups is 1. The minimum absolute atomic E-state index is 0.140. The Morgan fingerprint density at radius 2 is 1.96 bits per heavy atom. The monoisotopic (exact) mass is 310 g/mol. The minimum atomic E-state index is 0.140. The van der Waals surface area contributed by atoms with E-state index in [-0.39, 0.29) is 11.8 Å². The molecule has 1 saturated carbocycles. The molecular formula is C18H22N4O. The highest BCUT2D eigenvalue weighted by Crippen LogP contribution is 2.38. The number of benzene rings is 1. The van der Waals surface area contributed by atoms with Crippen LogP contribution >= 0.6 is 0 Å². The maximum Gasteiger partial charge on any atom is 0.227 e. The maximum absolute atomic E-state index is 12.0. The van der Waals surface area contributed by atoms with E-state index in [0.717, 1.165) is 42.3 Å². The smallest absolute Gasteiger partial charge is 0.227 e. The lowest BCUT2D eigenvalue weighted by Crippen LogP contribution is -2.14. The van der Waals surface area contributed by atoms with E-state index in [1.54, 1.807) is 0 Å². The van der Waals surface area contributed by atoms with Crippen LogP contribution in [0.5, 0.6) is 0 Å². The fraction of sp³-hybridized carbons (Fsp3) is 0.500. The van der Waals surface area contributed by atoms with E-state index in [1.165, 1.54) is 19.3 Å². The Labute approximate surface area is 136 Å². The van der Waals surface area contributed by atoms with Crippen LogP contribution in [0.3, 0.4) is 0 Å². The molecule has 2 atom stereocenters. The minimum Gasteiger partial charge on any atom is -0.326 e. The average molecular weight is 310 g/mol. The van der Waals surface area contributed by atoms with E-state index in [1.807, 2.05) is 24.3 Å². The molecule has 0 unspecified atom stereocenters. The Hall–Kier alpha value is -2.17. The van der Waals surface area contributed by atoms with Gasteiger partial charge in [-0.15, -0.1) is 10.2 Å². The second-order valence-corrected chi connectivity index (χ2v) is 6.79. The van der Waals surface area contributed by atoms with Gasteiger partial charge in [-0.2, -0.15) is 0 Å². The zero-order valence-electron chi connectivity index (χ0n) is 13.5. The first-order valence-electron chi connectivity index (χ1n) is 8.56. The first-order valence-corrected chi connectivity index (χ1v) is 8.56. The van der Waals surface area contributed by atoms with Gasteiger partial charge in [-0.1, -0.05) is 13.3 Å². The van der Waals surface area contributed by atoms with Crippen molar-refractivity contribution in [2.45, 2.75) is 45.6 Å². The van der Waals surface area contributed by atoms with Crippen molar-refractivity contribution >= 4 is 11.6 Å². The molecule has 1 amide bonds. The molecular weight excluding hydrogens is 288 g/mol. The van der Waals surface area contributed by atoms with Gasteiger partial charge in [0.15, 0.2) is 5.82 Å². The summed E-state index contributed by atoms with van der Waals surface area (Å²) in [6.07, 6.45) is 5.66. The van der Waals surface area contributed by atoms with Crippen molar-refractivity contribution in [1.82, 2.24) is 14.8 Å². The van der Waals surface area contributed by atoms with Gasteiger partial charge in [-0.05, 0) is 49.4 Å². The number of carbonyl (C=O) groups excluding carboxylic acids is 1. The highest BCUT2D eigenvalue weighted by Gasteiger charge is 2.39. The van der Waals surface area contributed by atoms with Crippen molar-refractivity contribution in [3.63, 3.8) is 0 Å². The molecule has 1 aromatic carbocycles. The Balaban J connectivity index is 1.52. The van der Waals surface area contributed by atoms with Gasteiger partial charge in [-0.25, -0.2) is 0 Å². The number of anilines is 1. The van der Waals surface area contributed by atoms with Crippen LogP contribution in [0.15, 0.2) is 24.3 Å². The summed E-state index contributed by atoms with van der Waals surface area (Å²) < 4.78 is 2.24. The number of hydrogen-bond acceptors (Lipinski definition) is 3. The predicted octanol–water partition coefficient (Wildman–Crippen LogP) is 3.27. The molecule has 5 heteroatoms. The van der Waals surface area contributed by atoms with Gasteiger partial charge in [0.05, 0.1) is 0 Å². The van der Waals surface area contributed by atoms with Crippen LogP contribution in [-0.2, 0) is 17.8 Å². The number of amides is 1. The quantitative estimate of drug-likeness (QED) is 0.946. The second-order valence-electron chi connectivity index (χ2n) is 6.79. The van der Waals surface area contributed by atoms with Gasteiger partial charge >= 0.3 is 0 Å². The molecule has 2 heterocycles. The van der Waals surface area contributed by atoms with Gasteiger partial charge in [0.2, 0.25) is 5.91 Å². The Kier molecular flexibility index (Phi) is 3.63. The number of rotatable bonds is 3. The van der Waals surface area contributed by atoms with Gasteiger partial charge < -0.3 is 9.88 Å². The van der Waals surface area contributed by atoms with Gasteiger partial charge in [0.25, 0.3) is 0 Å². The molecule has 1 aromatic heterocycles. The molecule has 2 aromatic rings. The van der Waals surface area contributed by atoms with E-state index < -0.39 is 0 Å². The number of aryl methyl sites for hydroxylation is 1. The third-order valence-electron chi connectivity index (χ3n) is 4.97. The predicted molar refractivity (Wildman–Crippen MR) is 88.9 cm³/mol. The van der Waals surface area contributed by atoms with Gasteiger partial charge in [0.1, 0.15) is 5.82 Å². The molecule has 23 heavy (non-hydrogen) atoms. The molecule has 0 saturated heterocycles. The normalized spacial score (nSPS) is 23.0. The maximum atomic E-state index is 12.0. The molecule has 1 aliphatic heterocycles. The Morgan fingerprint density at radius 1 is 1.17 bits per heavy atom. The summed E-state index contributed by atoms with van der Waals surface area (Å²) in [7, 11) is 0. The molecule has 1 fully saturated rings. The number of nitrogens with zero attached hydrogens (tertiary/aromatic N) is 3. The van der Waals surface area contributed by atoms with Gasteiger partial charge in [-0.3, -0.25) is 4.79 Å². The van der Waals surface area contributed by atoms with Crippen LogP contribution in [0.1, 0.15) is 38.4 Å². The second kappa shape index (κ2) is 5.80. The molecule has 4 rings (SSSR count). The van der Waals surface area contributed by atoms with Crippen molar-refractivity contribution in [2.24, 2.45) is 11.8 Å². The van der Waals surface area contributed by atoms with E-state index in [9.17, 15) is 4.79 Å². The van der Waals surface area contributed by atoms with E-state index in [2.05, 4.69) is 27.0 Å². The van der Waals surface area contributed by atoms with Gasteiger partial charge in [0, 0.05) is 30.1 Å². The number of aromatic nitrogens is 3. The van der Waals surface area contributed by atoms with Crippen LogP contribution in [-0.4, -0.2) is 20.7 Å². The fourth-order valence-corrected chi connectivity index (χ4v) is 3.32. The number of hydrogen-bond donors (Lipinski definition) is 1. The van der Waals surface area contributed by atoms with Crippen molar-refractivity contribution in [2.75, 3.05) is 5.32 Å². The molecule has 5 nitrogen and oxygen atoms in total. The van der Waals surface area contributed by atoms with Crippen LogP contribution in [0.2, 0.25) is 0 Å². The molecule has 0 bridgehead atoms. The number of nitrogens with one attached hydrogen (secondary N) is 1. The van der Waals surface area contributed by atoms with Crippen LogP contribution in [0.4, 0.5) is 5.69 Å². The number of fused-ring (bicyclic) bond motifs is 1. The standard InChI is InChI=1S/C18H22N4O/c1-12-11-15(12)18(23)19-14-8-6-13(7-9-14)17-21-20-16-5-3-2-4-10-22(16)17/h6-9,12,15H,2-5,10-11H2,1H3,(H,19,23)/t12-,15-/m1/s1. The van der Waals surface area contributed by atoms with E-state index in [4.69, 9.17) is 0 Å². The molecule has 120 valence electrons. The van der Waals surface area contributed by atoms with Crippen LogP contribution in [0.25, 0.3) is 11.4 Å². The SMILES string of the molecule is C[C@@H]1C[C@H]1C(=O)Nc1ccc(-c2nnc3n2CCCCC3)cc1. The van der Waals surface area contributed by atoms with Crippen molar-refractivity contribution in [3.8, 4) is 11.4 Å². The summed E-state index contributed by atoms with van der Waals surface area (Å²) in [5.41, 5.74) is 1.91. The van der Waals surface area contributed by atoms with Crippen LogP contribution in [0, 0.1) is 11.8 Å². The Morgan fingerprint density at radius 3 is 2.70 bits per heavy atom. The molecule has 1 aliphatic carbocycles. The summed E-state index contributed by atoms with van der Waals surface area (Å²) in [6, 6.07) is 7.96. The third kappa shape index (κ3) is 2.87. The molecule has 0 spiro atoms. The Bertz CT molecular complexity index is 719. The topological polar surface area (TPSA) is 59.8 Å². The first kappa shape index (κ1) is 14.4. The largest absolute Gasteiger partial charge is 0.326 e. The lowest BCUT2D eigenvalue weighted by Gasteiger charge is -2.08. The molecule has 2 aliphatic rings. The summed E-state index contributed by atoms with van der Waals surface area (Å²) in [6.45, 7) is 3.11. The first-order chi connectivity index (χ1) is 11.2. The van der Waals surface area contributed by atoms with E-state index >= 15 is 0 Å². The third-order valence-corrected chi connectivity index (χ3v) is 4.97. The highest BCUT2D eigenvalue weighted by molar-refractivity contribution is 5.94. The summed E-state index contributed by atoms with van der Waals surface area (Å²) in [5.74, 6) is 2.90. The van der Waals surface area contributed by atoms with Crippen molar-refractivity contribution < 1.29 is 4.79 Å². The lowest BCUT2D eigenvalue weighted by molar-refractivity contribution is -0.117. The zero-order chi connectivity index (χ0) is 15.8. The summed E-state index contributed by atoms with van der Waals surface area (Å²) in [4.78, 5) is 12.0. The summed E-state index contributed by atoms with van der Waals surface area (Å²) >= 11 is 0. The van der Waals surface area contributed by atoms with Crippen molar-refractivity contribution in [3.05, 3.63) is 30.1 Å². The molecule has 0 radical (unpaired) electrons. The molecule has 1 N–H and O–H groups in total. The lowest BCUT2D eigenvalue weighted by atomic mass is 10.2. The average Bonchev–Trinajstić information content (AvgIpc) is 3.24.